The molecule has 78 valence electrons. The van der Waals surface area contributed by atoms with Crippen LogP contribution in [0.2, 0.25) is 0 Å². The van der Waals surface area contributed by atoms with Gasteiger partial charge in [0.25, 0.3) is 0 Å². The summed E-state index contributed by atoms with van der Waals surface area (Å²) in [5, 5.41) is 8.73. The molecule has 0 aliphatic heterocycles. The first-order valence-corrected chi connectivity index (χ1v) is 4.95. The fraction of sp³-hybridized carbons (Fsp3) is 0.900. The number of carbonyl (C=O) groups is 1. The van der Waals surface area contributed by atoms with Crippen LogP contribution in [0.3, 0.4) is 0 Å². The molecule has 2 nitrogen and oxygen atoms in total. The summed E-state index contributed by atoms with van der Waals surface area (Å²) in [4.78, 5) is 10.6. The Kier molecular flexibility index (Phi) is 12.5. The number of unbranched alkanes of at least 4 members (excludes halogenated alkanes) is 3. The Balaban J connectivity index is 0. The first-order valence-electron chi connectivity index (χ1n) is 4.95. The molecular formula is C10H22O2Sn. The third-order valence-corrected chi connectivity index (χ3v) is 2.25. The summed E-state index contributed by atoms with van der Waals surface area (Å²) in [6.07, 6.45) is 6.31. The van der Waals surface area contributed by atoms with Gasteiger partial charge in [0.2, 0.25) is 0 Å². The van der Waals surface area contributed by atoms with Crippen molar-refractivity contribution in [3.05, 3.63) is 0 Å². The standard InChI is InChI=1S/C10H20O2.Sn.2H/c1-3-5-6-7-8-9(4-2)10(11)12;;;/h9H,3-8H2,1-2H3,(H,11,12);;;. The Hall–Kier alpha value is 0.269. The van der Waals surface area contributed by atoms with Crippen molar-refractivity contribution in [1.82, 2.24) is 0 Å². The molecular weight excluding hydrogens is 271 g/mol. The summed E-state index contributed by atoms with van der Waals surface area (Å²) in [5.41, 5.74) is 0. The van der Waals surface area contributed by atoms with Gasteiger partial charge in [-0.25, -0.2) is 0 Å². The normalized spacial score (nSPS) is 11.8. The van der Waals surface area contributed by atoms with Crippen molar-refractivity contribution in [2.75, 3.05) is 0 Å². The average molecular weight is 293 g/mol. The Morgan fingerprint density at radius 1 is 1.23 bits per heavy atom. The van der Waals surface area contributed by atoms with Crippen LogP contribution in [-0.4, -0.2) is 35.0 Å². The molecule has 0 bridgehead atoms. The average Bonchev–Trinajstić information content (AvgIpc) is 2.04. The van der Waals surface area contributed by atoms with Gasteiger partial charge in [0.15, 0.2) is 0 Å². The van der Waals surface area contributed by atoms with Crippen molar-refractivity contribution in [3.8, 4) is 0 Å². The monoisotopic (exact) mass is 294 g/mol. The first-order chi connectivity index (χ1) is 5.72. The van der Waals surface area contributed by atoms with Crippen molar-refractivity contribution in [3.63, 3.8) is 0 Å². The van der Waals surface area contributed by atoms with Crippen molar-refractivity contribution >= 4 is 29.9 Å². The minimum atomic E-state index is -0.631. The molecule has 1 atom stereocenters. The van der Waals surface area contributed by atoms with Gasteiger partial charge in [-0.2, -0.15) is 0 Å². The summed E-state index contributed by atoms with van der Waals surface area (Å²) in [5.74, 6) is -0.740. The Bertz CT molecular complexity index is 126. The van der Waals surface area contributed by atoms with E-state index in [1.54, 1.807) is 0 Å². The third kappa shape index (κ3) is 8.59. The molecule has 0 aliphatic rings. The van der Waals surface area contributed by atoms with Gasteiger partial charge in [-0.1, -0.05) is 39.5 Å². The topological polar surface area (TPSA) is 37.3 Å². The van der Waals surface area contributed by atoms with E-state index in [2.05, 4.69) is 6.92 Å². The van der Waals surface area contributed by atoms with Gasteiger partial charge < -0.3 is 5.11 Å². The van der Waals surface area contributed by atoms with Gasteiger partial charge in [-0.15, -0.1) is 0 Å². The predicted molar refractivity (Wildman–Crippen MR) is 58.7 cm³/mol. The van der Waals surface area contributed by atoms with E-state index in [1.807, 2.05) is 6.92 Å². The first kappa shape index (κ1) is 15.7. The van der Waals surface area contributed by atoms with Crippen molar-refractivity contribution < 1.29 is 9.90 Å². The quantitative estimate of drug-likeness (QED) is 0.577. The summed E-state index contributed by atoms with van der Waals surface area (Å²) in [6, 6.07) is 0. The van der Waals surface area contributed by atoms with E-state index in [9.17, 15) is 4.79 Å². The second-order valence-corrected chi connectivity index (χ2v) is 3.29. The van der Waals surface area contributed by atoms with E-state index < -0.39 is 5.97 Å². The molecule has 3 heteroatoms. The molecule has 13 heavy (non-hydrogen) atoms. The molecule has 0 aromatic carbocycles. The molecule has 0 aliphatic carbocycles. The van der Waals surface area contributed by atoms with Crippen molar-refractivity contribution in [2.45, 2.75) is 52.4 Å². The van der Waals surface area contributed by atoms with E-state index in [-0.39, 0.29) is 29.8 Å². The van der Waals surface area contributed by atoms with Gasteiger partial charge in [0.05, 0.1) is 5.92 Å². The zero-order valence-corrected chi connectivity index (χ0v) is 12.9. The number of aliphatic carboxylic acids is 1. The van der Waals surface area contributed by atoms with Gasteiger partial charge in [0, 0.05) is 0 Å². The molecule has 1 N–H and O–H groups in total. The predicted octanol–water partition coefficient (Wildman–Crippen LogP) is 2.15. The Morgan fingerprint density at radius 3 is 2.23 bits per heavy atom. The van der Waals surface area contributed by atoms with Crippen LogP contribution < -0.4 is 0 Å². The maximum absolute atomic E-state index is 10.6. The van der Waals surface area contributed by atoms with Crippen molar-refractivity contribution in [1.29, 1.82) is 0 Å². The van der Waals surface area contributed by atoms with Crippen LogP contribution in [0.15, 0.2) is 0 Å². The fourth-order valence-corrected chi connectivity index (χ4v) is 1.32. The molecule has 0 saturated carbocycles. The van der Waals surface area contributed by atoms with Gasteiger partial charge in [-0.05, 0) is 12.8 Å². The zero-order valence-electron chi connectivity index (χ0n) is 8.88. The van der Waals surface area contributed by atoms with Crippen LogP contribution in [0.4, 0.5) is 0 Å². The summed E-state index contributed by atoms with van der Waals surface area (Å²) < 4.78 is 0. The molecule has 0 heterocycles. The van der Waals surface area contributed by atoms with Crippen LogP contribution in [-0.2, 0) is 4.79 Å². The minimum absolute atomic E-state index is 0. The number of rotatable bonds is 7. The molecule has 0 aromatic heterocycles. The summed E-state index contributed by atoms with van der Waals surface area (Å²) in [7, 11) is 0. The molecule has 0 aromatic rings. The molecule has 1 unspecified atom stereocenters. The number of hydrogen-bond donors (Lipinski definition) is 1. The number of carboxylic acids is 1. The van der Waals surface area contributed by atoms with Crippen LogP contribution in [0.5, 0.6) is 0 Å². The number of carboxylic acid groups (broad SMARTS) is 1. The Morgan fingerprint density at radius 2 is 1.85 bits per heavy atom. The van der Waals surface area contributed by atoms with Crippen LogP contribution in [0.1, 0.15) is 52.4 Å². The van der Waals surface area contributed by atoms with E-state index in [0.29, 0.717) is 0 Å². The molecule has 0 fully saturated rings. The van der Waals surface area contributed by atoms with Gasteiger partial charge in [0.1, 0.15) is 0 Å². The van der Waals surface area contributed by atoms with E-state index in [1.165, 1.54) is 19.3 Å². The molecule has 2 radical (unpaired) electrons. The van der Waals surface area contributed by atoms with Crippen LogP contribution in [0, 0.1) is 5.92 Å². The van der Waals surface area contributed by atoms with Gasteiger partial charge >= 0.3 is 29.9 Å². The second-order valence-electron chi connectivity index (χ2n) is 3.29. The Labute approximate surface area is 98.1 Å². The molecule has 0 spiro atoms. The molecule has 0 saturated heterocycles. The van der Waals surface area contributed by atoms with Gasteiger partial charge in [-0.3, -0.25) is 4.79 Å². The summed E-state index contributed by atoms with van der Waals surface area (Å²) >= 11 is 0. The second kappa shape index (κ2) is 10.4. The SMILES string of the molecule is CCCCCCC(CC)C(=O)O.[SnH2]. The van der Waals surface area contributed by atoms with Crippen molar-refractivity contribution in [2.24, 2.45) is 5.92 Å². The van der Waals surface area contributed by atoms with Crippen LogP contribution >= 0.6 is 0 Å². The van der Waals surface area contributed by atoms with E-state index in [4.69, 9.17) is 5.11 Å². The van der Waals surface area contributed by atoms with Crippen LogP contribution in [0.25, 0.3) is 0 Å². The zero-order chi connectivity index (χ0) is 9.40. The summed E-state index contributed by atoms with van der Waals surface area (Å²) in [6.45, 7) is 4.10. The third-order valence-electron chi connectivity index (χ3n) is 2.25. The van der Waals surface area contributed by atoms with E-state index >= 15 is 0 Å². The number of hydrogen-bond acceptors (Lipinski definition) is 1. The van der Waals surface area contributed by atoms with E-state index in [0.717, 1.165) is 19.3 Å². The fourth-order valence-electron chi connectivity index (χ4n) is 1.32. The molecule has 0 amide bonds. The molecule has 0 rings (SSSR count). The maximum atomic E-state index is 10.6.